The number of benzene rings is 1. The molecule has 0 spiro atoms. The quantitative estimate of drug-likeness (QED) is 0.365. The van der Waals surface area contributed by atoms with Crippen molar-refractivity contribution < 1.29 is 18.3 Å². The molecule has 0 unspecified atom stereocenters. The number of alkyl halides is 2. The minimum atomic E-state index is -2.26. The van der Waals surface area contributed by atoms with E-state index in [4.69, 9.17) is 25.2 Å². The van der Waals surface area contributed by atoms with Crippen LogP contribution in [-0.2, 0) is 11.2 Å². The highest BCUT2D eigenvalue weighted by Gasteiger charge is 2.29. The van der Waals surface area contributed by atoms with Crippen molar-refractivity contribution in [3.63, 3.8) is 0 Å². The number of nitrogens with one attached hydrogen (secondary N) is 1. The molecule has 1 aromatic carbocycles. The fourth-order valence-electron chi connectivity index (χ4n) is 6.79. The number of anilines is 3. The van der Waals surface area contributed by atoms with Crippen LogP contribution in [0, 0.1) is 0 Å². The molecule has 0 saturated carbocycles. The highest BCUT2D eigenvalue weighted by molar-refractivity contribution is 5.97. The van der Waals surface area contributed by atoms with Crippen LogP contribution in [0.1, 0.15) is 38.3 Å². The first-order valence-electron chi connectivity index (χ1n) is 15.9. The van der Waals surface area contributed by atoms with Gasteiger partial charge in [0.15, 0.2) is 5.82 Å². The third-order valence-corrected chi connectivity index (χ3v) is 9.31. The number of piperazine rings is 1. The summed E-state index contributed by atoms with van der Waals surface area (Å²) in [4.78, 5) is 21.2. The molecule has 2 aromatic heterocycles. The Morgan fingerprint density at radius 1 is 1.02 bits per heavy atom. The summed E-state index contributed by atoms with van der Waals surface area (Å²) in [5, 5.41) is 3.62. The number of rotatable bonds is 9. The number of hydrogen-bond acceptors (Lipinski definition) is 10. The topological polar surface area (TPSA) is 105 Å². The summed E-state index contributed by atoms with van der Waals surface area (Å²) in [7, 11) is 1.71. The SMILES string of the molecule is CCc1nc2c(N)ncc(-c3ccc(N4CCC(N5CCN(CC(F)F)CC5)CC4)c(OC)c3)c2nc1NC1CCOCC1. The number of halogens is 2. The van der Waals surface area contributed by atoms with Crippen molar-refractivity contribution in [3.05, 3.63) is 30.1 Å². The molecule has 0 radical (unpaired) electrons. The maximum Gasteiger partial charge on any atom is 0.251 e. The van der Waals surface area contributed by atoms with Crippen LogP contribution < -0.4 is 20.7 Å². The van der Waals surface area contributed by atoms with E-state index in [2.05, 4.69) is 45.2 Å². The number of pyridine rings is 1. The van der Waals surface area contributed by atoms with Crippen LogP contribution in [0.2, 0.25) is 0 Å². The van der Waals surface area contributed by atoms with E-state index in [9.17, 15) is 8.78 Å². The first kappa shape index (κ1) is 30.7. The number of piperidine rings is 1. The van der Waals surface area contributed by atoms with Gasteiger partial charge in [-0.1, -0.05) is 13.0 Å². The summed E-state index contributed by atoms with van der Waals surface area (Å²) in [6.07, 6.45) is 4.17. The second-order valence-electron chi connectivity index (χ2n) is 12.0. The summed E-state index contributed by atoms with van der Waals surface area (Å²) in [5.74, 6) is 1.95. The number of aryl methyl sites for hydroxylation is 1. The van der Waals surface area contributed by atoms with Crippen molar-refractivity contribution in [1.29, 1.82) is 0 Å². The maximum atomic E-state index is 12.8. The van der Waals surface area contributed by atoms with Gasteiger partial charge in [-0.25, -0.2) is 23.7 Å². The first-order valence-corrected chi connectivity index (χ1v) is 15.9. The summed E-state index contributed by atoms with van der Waals surface area (Å²) in [5.41, 5.74) is 11.4. The molecule has 10 nitrogen and oxygen atoms in total. The fraction of sp³-hybridized carbons (Fsp3) is 0.594. The van der Waals surface area contributed by atoms with Crippen LogP contribution in [0.15, 0.2) is 24.4 Å². The molecule has 3 saturated heterocycles. The van der Waals surface area contributed by atoms with Gasteiger partial charge < -0.3 is 25.4 Å². The van der Waals surface area contributed by atoms with Gasteiger partial charge in [0.1, 0.15) is 22.6 Å². The maximum absolute atomic E-state index is 12.8. The summed E-state index contributed by atoms with van der Waals surface area (Å²) in [6, 6.07) is 7.04. The number of methoxy groups -OCH3 is 1. The van der Waals surface area contributed by atoms with E-state index in [0.717, 1.165) is 106 Å². The van der Waals surface area contributed by atoms with Gasteiger partial charge in [0.25, 0.3) is 6.43 Å². The lowest BCUT2D eigenvalue weighted by Gasteiger charge is -2.43. The van der Waals surface area contributed by atoms with Crippen LogP contribution in [-0.4, -0.2) is 109 Å². The number of hydrogen-bond donors (Lipinski definition) is 2. The molecule has 3 N–H and O–H groups in total. The number of nitrogens with zero attached hydrogens (tertiary/aromatic N) is 6. The van der Waals surface area contributed by atoms with Gasteiger partial charge in [0.05, 0.1) is 25.0 Å². The molecular weight excluding hydrogens is 566 g/mol. The number of ether oxygens (including phenoxy) is 2. The molecule has 3 aromatic rings. The highest BCUT2D eigenvalue weighted by Crippen LogP contribution is 2.38. The minimum Gasteiger partial charge on any atom is -0.495 e. The lowest BCUT2D eigenvalue weighted by Crippen LogP contribution is -2.53. The molecule has 5 heterocycles. The molecular formula is C32H44F2N8O2. The molecule has 12 heteroatoms. The largest absolute Gasteiger partial charge is 0.495 e. The van der Waals surface area contributed by atoms with Gasteiger partial charge in [0.2, 0.25) is 0 Å². The van der Waals surface area contributed by atoms with Gasteiger partial charge in [0, 0.05) is 76.3 Å². The van der Waals surface area contributed by atoms with Gasteiger partial charge >= 0.3 is 0 Å². The number of nitrogen functional groups attached to an aromatic ring is 1. The fourth-order valence-corrected chi connectivity index (χ4v) is 6.79. The zero-order valence-electron chi connectivity index (χ0n) is 25.8. The number of nitrogens with two attached hydrogens (primary N) is 1. The van der Waals surface area contributed by atoms with Crippen LogP contribution in [0.25, 0.3) is 22.2 Å². The van der Waals surface area contributed by atoms with Crippen molar-refractivity contribution in [3.8, 4) is 16.9 Å². The van der Waals surface area contributed by atoms with Crippen LogP contribution in [0.4, 0.5) is 26.1 Å². The molecule has 0 aliphatic carbocycles. The summed E-state index contributed by atoms with van der Waals surface area (Å²) in [6.45, 7) is 8.40. The van der Waals surface area contributed by atoms with Gasteiger partial charge in [-0.15, -0.1) is 0 Å². The zero-order valence-corrected chi connectivity index (χ0v) is 25.8. The molecule has 0 atom stereocenters. The van der Waals surface area contributed by atoms with Crippen molar-refractivity contribution in [2.75, 3.05) is 82.1 Å². The Hall–Kier alpha value is -3.35. The number of aromatic nitrogens is 3. The van der Waals surface area contributed by atoms with E-state index in [1.807, 2.05) is 4.90 Å². The van der Waals surface area contributed by atoms with E-state index in [1.165, 1.54) is 0 Å². The standard InChI is InChI=1S/C32H44F2N8O2/c1-3-25-32(37-22-8-16-44-17-9-22)39-29-24(19-36-31(35)30(29)38-25)21-4-5-26(27(18-21)43-2)42-10-6-23(7-11-42)41-14-12-40(13-15-41)20-28(33)34/h4-5,18-19,22-23,28H,3,6-17,20H2,1-2H3,(H2,35,36)(H,37,39). The Kier molecular flexibility index (Phi) is 9.58. The third-order valence-electron chi connectivity index (χ3n) is 9.31. The summed E-state index contributed by atoms with van der Waals surface area (Å²) >= 11 is 0. The number of fused-ring (bicyclic) bond motifs is 1. The lowest BCUT2D eigenvalue weighted by atomic mass is 10.00. The predicted octanol–water partition coefficient (Wildman–Crippen LogP) is 4.29. The minimum absolute atomic E-state index is 0.120. The van der Waals surface area contributed by atoms with Gasteiger partial charge in [-0.3, -0.25) is 9.80 Å². The monoisotopic (exact) mass is 610 g/mol. The predicted molar refractivity (Wildman–Crippen MR) is 170 cm³/mol. The first-order chi connectivity index (χ1) is 21.4. The summed E-state index contributed by atoms with van der Waals surface area (Å²) < 4.78 is 37.0. The molecule has 44 heavy (non-hydrogen) atoms. The van der Waals surface area contributed by atoms with Crippen molar-refractivity contribution >= 4 is 28.4 Å². The van der Waals surface area contributed by atoms with E-state index >= 15 is 0 Å². The smallest absolute Gasteiger partial charge is 0.251 e. The second kappa shape index (κ2) is 13.7. The normalized spacial score (nSPS) is 19.6. The molecule has 6 rings (SSSR count). The van der Waals surface area contributed by atoms with Crippen LogP contribution in [0.3, 0.4) is 0 Å². The Labute approximate surface area is 257 Å². The van der Waals surface area contributed by atoms with Crippen molar-refractivity contribution in [1.82, 2.24) is 24.8 Å². The van der Waals surface area contributed by atoms with Crippen LogP contribution >= 0.6 is 0 Å². The van der Waals surface area contributed by atoms with E-state index < -0.39 is 6.43 Å². The van der Waals surface area contributed by atoms with E-state index in [0.29, 0.717) is 42.0 Å². The molecule has 3 aliphatic heterocycles. The Bertz CT molecular complexity index is 1420. The molecule has 0 bridgehead atoms. The van der Waals surface area contributed by atoms with Crippen molar-refractivity contribution in [2.45, 2.75) is 57.5 Å². The Morgan fingerprint density at radius 3 is 2.45 bits per heavy atom. The molecule has 3 aliphatic rings. The van der Waals surface area contributed by atoms with Crippen LogP contribution in [0.5, 0.6) is 5.75 Å². The second-order valence-corrected chi connectivity index (χ2v) is 12.0. The Morgan fingerprint density at radius 2 is 1.77 bits per heavy atom. The molecule has 3 fully saturated rings. The van der Waals surface area contributed by atoms with E-state index in [1.54, 1.807) is 13.3 Å². The van der Waals surface area contributed by atoms with Gasteiger partial charge in [-0.05, 0) is 49.8 Å². The van der Waals surface area contributed by atoms with Gasteiger partial charge in [-0.2, -0.15) is 0 Å². The average Bonchev–Trinajstić information content (AvgIpc) is 3.05. The lowest BCUT2D eigenvalue weighted by molar-refractivity contribution is 0.0392. The Balaban J connectivity index is 1.20. The zero-order chi connectivity index (χ0) is 30.6. The van der Waals surface area contributed by atoms with Crippen molar-refractivity contribution in [2.24, 2.45) is 0 Å². The van der Waals surface area contributed by atoms with E-state index in [-0.39, 0.29) is 6.54 Å². The highest BCUT2D eigenvalue weighted by atomic mass is 19.3. The third kappa shape index (κ3) is 6.67. The molecule has 238 valence electrons. The average molecular weight is 611 g/mol. The molecule has 0 amide bonds.